The van der Waals surface area contributed by atoms with Crippen LogP contribution >= 0.6 is 11.6 Å². The molecular formula is C12H15ClO2. The van der Waals surface area contributed by atoms with Crippen molar-refractivity contribution in [3.63, 3.8) is 0 Å². The van der Waals surface area contributed by atoms with Gasteiger partial charge in [-0.3, -0.25) is 4.79 Å². The molecule has 0 aliphatic heterocycles. The van der Waals surface area contributed by atoms with E-state index in [0.717, 1.165) is 6.42 Å². The minimum atomic E-state index is -0.400. The van der Waals surface area contributed by atoms with Crippen LogP contribution in [0.25, 0.3) is 0 Å². The predicted octanol–water partition coefficient (Wildman–Crippen LogP) is 3.48. The van der Waals surface area contributed by atoms with Crippen LogP contribution in [-0.2, 0) is 4.79 Å². The summed E-state index contributed by atoms with van der Waals surface area (Å²) in [5.41, 5.74) is 0. The van der Waals surface area contributed by atoms with E-state index in [4.69, 9.17) is 16.3 Å². The summed E-state index contributed by atoms with van der Waals surface area (Å²) >= 11 is 5.80. The maximum Gasteiger partial charge on any atom is 0.172 e. The van der Waals surface area contributed by atoms with E-state index < -0.39 is 6.10 Å². The summed E-state index contributed by atoms with van der Waals surface area (Å²) in [4.78, 5) is 11.5. The van der Waals surface area contributed by atoms with Crippen LogP contribution in [0.15, 0.2) is 24.3 Å². The molecule has 15 heavy (non-hydrogen) atoms. The Labute approximate surface area is 95.2 Å². The number of ether oxygens (including phenoxy) is 1. The van der Waals surface area contributed by atoms with E-state index in [-0.39, 0.29) is 5.78 Å². The highest BCUT2D eigenvalue weighted by molar-refractivity contribution is 6.30. The molecule has 0 bridgehead atoms. The van der Waals surface area contributed by atoms with Crippen LogP contribution in [0.3, 0.4) is 0 Å². The number of halogens is 1. The monoisotopic (exact) mass is 226 g/mol. The Bertz CT molecular complexity index is 336. The molecule has 0 amide bonds. The van der Waals surface area contributed by atoms with Crippen molar-refractivity contribution in [2.24, 2.45) is 0 Å². The summed E-state index contributed by atoms with van der Waals surface area (Å²) in [5, 5.41) is 0.614. The number of ketones is 1. The topological polar surface area (TPSA) is 26.3 Å². The molecule has 2 nitrogen and oxygen atoms in total. The van der Waals surface area contributed by atoms with Gasteiger partial charge in [-0.05, 0) is 31.5 Å². The minimum Gasteiger partial charge on any atom is -0.483 e. The van der Waals surface area contributed by atoms with Gasteiger partial charge in [-0.1, -0.05) is 24.6 Å². The number of hydrogen-bond donors (Lipinski definition) is 0. The summed E-state index contributed by atoms with van der Waals surface area (Å²) in [6.45, 7) is 3.74. The molecule has 0 spiro atoms. The van der Waals surface area contributed by atoms with Crippen molar-refractivity contribution in [3.05, 3.63) is 29.3 Å². The van der Waals surface area contributed by atoms with Gasteiger partial charge in [0, 0.05) is 11.4 Å². The van der Waals surface area contributed by atoms with Crippen molar-refractivity contribution in [2.45, 2.75) is 32.8 Å². The molecular weight excluding hydrogens is 212 g/mol. The average molecular weight is 227 g/mol. The fraction of sp³-hybridized carbons (Fsp3) is 0.417. The first-order valence-corrected chi connectivity index (χ1v) is 5.46. The fourth-order valence-corrected chi connectivity index (χ4v) is 1.44. The number of hydrogen-bond acceptors (Lipinski definition) is 2. The van der Waals surface area contributed by atoms with Crippen LogP contribution in [0.5, 0.6) is 5.75 Å². The summed E-state index contributed by atoms with van der Waals surface area (Å²) < 4.78 is 5.48. The van der Waals surface area contributed by atoms with E-state index in [0.29, 0.717) is 17.2 Å². The summed E-state index contributed by atoms with van der Waals surface area (Å²) in [6, 6.07) is 7.07. The maximum absolute atomic E-state index is 11.5. The van der Waals surface area contributed by atoms with Gasteiger partial charge in [0.25, 0.3) is 0 Å². The van der Waals surface area contributed by atoms with Crippen LogP contribution < -0.4 is 4.74 Å². The van der Waals surface area contributed by atoms with Gasteiger partial charge in [0.2, 0.25) is 0 Å². The molecule has 0 saturated heterocycles. The molecule has 1 aromatic carbocycles. The highest BCUT2D eigenvalue weighted by atomic mass is 35.5. The lowest BCUT2D eigenvalue weighted by atomic mass is 10.1. The van der Waals surface area contributed by atoms with Gasteiger partial charge in [-0.15, -0.1) is 0 Å². The Balaban J connectivity index is 2.58. The van der Waals surface area contributed by atoms with Crippen molar-refractivity contribution < 1.29 is 9.53 Å². The lowest BCUT2D eigenvalue weighted by Crippen LogP contribution is -2.23. The molecule has 0 heterocycles. The normalized spacial score (nSPS) is 12.2. The second-order valence-corrected chi connectivity index (χ2v) is 3.87. The van der Waals surface area contributed by atoms with E-state index in [2.05, 4.69) is 0 Å². The van der Waals surface area contributed by atoms with Crippen molar-refractivity contribution in [3.8, 4) is 5.75 Å². The highest BCUT2D eigenvalue weighted by Gasteiger charge is 2.13. The molecule has 0 aromatic heterocycles. The molecule has 1 unspecified atom stereocenters. The van der Waals surface area contributed by atoms with Gasteiger partial charge in [0.05, 0.1) is 0 Å². The predicted molar refractivity (Wildman–Crippen MR) is 61.5 cm³/mol. The van der Waals surface area contributed by atoms with Crippen LogP contribution in [-0.4, -0.2) is 11.9 Å². The third-order valence-electron chi connectivity index (χ3n) is 2.06. The van der Waals surface area contributed by atoms with E-state index in [1.807, 2.05) is 6.92 Å². The summed E-state index contributed by atoms with van der Waals surface area (Å²) in [6.07, 6.45) is 1.01. The van der Waals surface area contributed by atoms with Crippen LogP contribution in [0, 0.1) is 0 Å². The first kappa shape index (κ1) is 12.1. The second-order valence-electron chi connectivity index (χ2n) is 3.43. The first-order chi connectivity index (χ1) is 7.13. The molecule has 3 heteroatoms. The van der Waals surface area contributed by atoms with E-state index >= 15 is 0 Å². The standard InChI is InChI=1S/C12H15ClO2/c1-3-5-12(14)9(2)15-11-7-4-6-10(13)8-11/h4,6-9H,3,5H2,1-2H3. The van der Waals surface area contributed by atoms with E-state index in [1.54, 1.807) is 31.2 Å². The number of carbonyl (C=O) groups is 1. The van der Waals surface area contributed by atoms with Gasteiger partial charge < -0.3 is 4.74 Å². The molecule has 0 fully saturated rings. The van der Waals surface area contributed by atoms with Gasteiger partial charge in [0.15, 0.2) is 11.9 Å². The Morgan fingerprint density at radius 2 is 2.27 bits per heavy atom. The zero-order valence-corrected chi connectivity index (χ0v) is 9.75. The van der Waals surface area contributed by atoms with Gasteiger partial charge in [0.1, 0.15) is 5.75 Å². The minimum absolute atomic E-state index is 0.123. The third kappa shape index (κ3) is 3.92. The number of benzene rings is 1. The van der Waals surface area contributed by atoms with Crippen LogP contribution in [0.4, 0.5) is 0 Å². The third-order valence-corrected chi connectivity index (χ3v) is 2.29. The Morgan fingerprint density at radius 1 is 1.53 bits per heavy atom. The Kier molecular flexibility index (Phi) is 4.63. The van der Waals surface area contributed by atoms with Gasteiger partial charge in [-0.25, -0.2) is 0 Å². The largest absolute Gasteiger partial charge is 0.483 e. The van der Waals surface area contributed by atoms with Crippen LogP contribution in [0.1, 0.15) is 26.7 Å². The smallest absolute Gasteiger partial charge is 0.172 e. The molecule has 1 rings (SSSR count). The summed E-state index contributed by atoms with van der Waals surface area (Å²) in [7, 11) is 0. The molecule has 1 aromatic rings. The quantitative estimate of drug-likeness (QED) is 0.769. The van der Waals surface area contributed by atoms with Crippen molar-refractivity contribution in [1.29, 1.82) is 0 Å². The first-order valence-electron chi connectivity index (χ1n) is 5.08. The lowest BCUT2D eigenvalue weighted by Gasteiger charge is -2.13. The molecule has 0 radical (unpaired) electrons. The fourth-order valence-electron chi connectivity index (χ4n) is 1.26. The Hall–Kier alpha value is -1.02. The SMILES string of the molecule is CCCC(=O)C(C)Oc1cccc(Cl)c1. The van der Waals surface area contributed by atoms with Gasteiger partial charge in [-0.2, -0.15) is 0 Å². The number of rotatable bonds is 5. The highest BCUT2D eigenvalue weighted by Crippen LogP contribution is 2.18. The van der Waals surface area contributed by atoms with E-state index in [1.165, 1.54) is 0 Å². The Morgan fingerprint density at radius 3 is 2.87 bits per heavy atom. The van der Waals surface area contributed by atoms with Crippen LogP contribution in [0.2, 0.25) is 5.02 Å². The molecule has 0 aliphatic carbocycles. The zero-order chi connectivity index (χ0) is 11.3. The van der Waals surface area contributed by atoms with Gasteiger partial charge >= 0.3 is 0 Å². The number of Topliss-reactive ketones (excluding diaryl/α,β-unsaturated/α-hetero) is 1. The van der Waals surface area contributed by atoms with E-state index in [9.17, 15) is 4.79 Å². The number of carbonyl (C=O) groups excluding carboxylic acids is 1. The molecule has 1 atom stereocenters. The molecule has 0 N–H and O–H groups in total. The molecule has 0 aliphatic rings. The summed E-state index contributed by atoms with van der Waals surface area (Å²) in [5.74, 6) is 0.761. The van der Waals surface area contributed by atoms with Crippen molar-refractivity contribution >= 4 is 17.4 Å². The molecule has 0 saturated carbocycles. The molecule has 82 valence electrons. The second kappa shape index (κ2) is 5.76. The maximum atomic E-state index is 11.5. The average Bonchev–Trinajstić information content (AvgIpc) is 2.18. The van der Waals surface area contributed by atoms with Crippen molar-refractivity contribution in [2.75, 3.05) is 0 Å². The lowest BCUT2D eigenvalue weighted by molar-refractivity contribution is -0.125. The zero-order valence-electron chi connectivity index (χ0n) is 9.00. The van der Waals surface area contributed by atoms with Crippen molar-refractivity contribution in [1.82, 2.24) is 0 Å².